The molecule has 2 unspecified atom stereocenters. The molecule has 2 aromatic rings. The van der Waals surface area contributed by atoms with Crippen molar-refractivity contribution >= 4 is 0 Å². The van der Waals surface area contributed by atoms with Crippen LogP contribution < -0.4 is 0 Å². The minimum absolute atomic E-state index is 0.165. The quantitative estimate of drug-likeness (QED) is 0.735. The summed E-state index contributed by atoms with van der Waals surface area (Å²) in [6, 6.07) is 19.8. The Labute approximate surface area is 171 Å². The zero-order valence-corrected chi connectivity index (χ0v) is 16.8. The van der Waals surface area contributed by atoms with Gasteiger partial charge in [-0.15, -0.1) is 0 Å². The molecule has 4 rings (SSSR count). The second kappa shape index (κ2) is 8.52. The molecule has 6 heteroatoms. The van der Waals surface area contributed by atoms with Gasteiger partial charge in [0.2, 0.25) is 0 Å². The van der Waals surface area contributed by atoms with Crippen LogP contribution in [0, 0.1) is 0 Å². The van der Waals surface area contributed by atoms with Crippen LogP contribution >= 0.6 is 0 Å². The minimum Gasteiger partial charge on any atom is -0.393 e. The van der Waals surface area contributed by atoms with Crippen molar-refractivity contribution in [2.24, 2.45) is 0 Å². The van der Waals surface area contributed by atoms with Gasteiger partial charge in [0.1, 0.15) is 17.8 Å². The molecule has 2 aromatic carbocycles. The van der Waals surface area contributed by atoms with Crippen molar-refractivity contribution in [2.45, 2.75) is 56.9 Å². The van der Waals surface area contributed by atoms with Crippen molar-refractivity contribution in [3.05, 3.63) is 71.8 Å². The van der Waals surface area contributed by atoms with E-state index in [-0.39, 0.29) is 13.2 Å². The summed E-state index contributed by atoms with van der Waals surface area (Å²) in [7, 11) is 0. The highest BCUT2D eigenvalue weighted by Gasteiger charge is 2.62. The van der Waals surface area contributed by atoms with Crippen LogP contribution in [0.4, 0.5) is 0 Å². The molecule has 4 atom stereocenters. The summed E-state index contributed by atoms with van der Waals surface area (Å²) >= 11 is 0. The lowest BCUT2D eigenvalue weighted by Crippen LogP contribution is -2.52. The molecular formula is C23H28O6. The average Bonchev–Trinajstić information content (AvgIpc) is 3.17. The van der Waals surface area contributed by atoms with E-state index in [2.05, 4.69) is 0 Å². The number of fused-ring (bicyclic) bond motifs is 1. The van der Waals surface area contributed by atoms with Crippen molar-refractivity contribution < 1.29 is 28.8 Å². The smallest absolute Gasteiger partial charge is 0.190 e. The van der Waals surface area contributed by atoms with Crippen LogP contribution in [0.1, 0.15) is 25.0 Å². The summed E-state index contributed by atoms with van der Waals surface area (Å²) < 4.78 is 30.2. The van der Waals surface area contributed by atoms with Gasteiger partial charge in [-0.05, 0) is 25.0 Å². The maximum Gasteiger partial charge on any atom is 0.190 e. The topological polar surface area (TPSA) is 66.4 Å². The minimum atomic E-state index is -1.06. The van der Waals surface area contributed by atoms with E-state index in [0.717, 1.165) is 11.1 Å². The molecule has 156 valence electrons. The monoisotopic (exact) mass is 400 g/mol. The fourth-order valence-corrected chi connectivity index (χ4v) is 3.86. The molecule has 0 saturated carbocycles. The van der Waals surface area contributed by atoms with Crippen molar-refractivity contribution in [3.63, 3.8) is 0 Å². The molecular weight excluding hydrogens is 372 g/mol. The van der Waals surface area contributed by atoms with E-state index in [1.54, 1.807) is 0 Å². The molecule has 0 bridgehead atoms. The van der Waals surface area contributed by atoms with E-state index < -0.39 is 29.9 Å². The van der Waals surface area contributed by atoms with Gasteiger partial charge in [0, 0.05) is 0 Å². The van der Waals surface area contributed by atoms with E-state index in [4.69, 9.17) is 23.7 Å². The van der Waals surface area contributed by atoms with Crippen molar-refractivity contribution in [3.8, 4) is 0 Å². The number of benzene rings is 2. The van der Waals surface area contributed by atoms with E-state index in [0.29, 0.717) is 13.2 Å². The van der Waals surface area contributed by atoms with Gasteiger partial charge in [0.15, 0.2) is 12.1 Å². The summed E-state index contributed by atoms with van der Waals surface area (Å²) in [6.45, 7) is 4.38. The Bertz CT molecular complexity index is 780. The van der Waals surface area contributed by atoms with Crippen LogP contribution in [0.5, 0.6) is 0 Å². The van der Waals surface area contributed by atoms with E-state index in [1.807, 2.05) is 74.5 Å². The summed E-state index contributed by atoms with van der Waals surface area (Å²) in [5.74, 6) is -0.768. The Balaban J connectivity index is 1.48. The lowest BCUT2D eigenvalue weighted by atomic mass is 9.96. The molecule has 29 heavy (non-hydrogen) atoms. The molecule has 2 heterocycles. The first-order valence-corrected chi connectivity index (χ1v) is 9.93. The van der Waals surface area contributed by atoms with Crippen LogP contribution in [0.15, 0.2) is 60.7 Å². The highest BCUT2D eigenvalue weighted by molar-refractivity contribution is 5.15. The highest BCUT2D eigenvalue weighted by Crippen LogP contribution is 2.44. The van der Waals surface area contributed by atoms with Gasteiger partial charge < -0.3 is 28.8 Å². The first kappa shape index (κ1) is 20.5. The van der Waals surface area contributed by atoms with E-state index >= 15 is 0 Å². The Morgan fingerprint density at radius 2 is 1.48 bits per heavy atom. The second-order valence-electron chi connectivity index (χ2n) is 8.00. The lowest BCUT2D eigenvalue weighted by Gasteiger charge is -2.35. The van der Waals surface area contributed by atoms with Gasteiger partial charge >= 0.3 is 0 Å². The SMILES string of the molecule is CC1(C)OC2[C@@H](O1)OC(CO)(COCc1ccccc1)[C@@H]2OCc1ccccc1. The predicted octanol–water partition coefficient (Wildman–Crippen LogP) is 3.03. The fraction of sp³-hybridized carbons (Fsp3) is 0.478. The van der Waals surface area contributed by atoms with Gasteiger partial charge in [0.25, 0.3) is 0 Å². The normalized spacial score (nSPS) is 30.4. The summed E-state index contributed by atoms with van der Waals surface area (Å²) in [4.78, 5) is 0. The number of hydrogen-bond acceptors (Lipinski definition) is 6. The number of rotatable bonds is 8. The maximum absolute atomic E-state index is 10.3. The van der Waals surface area contributed by atoms with E-state index in [9.17, 15) is 5.11 Å². The third kappa shape index (κ3) is 4.53. The van der Waals surface area contributed by atoms with Crippen LogP contribution in [-0.4, -0.2) is 48.2 Å². The number of aliphatic hydroxyl groups excluding tert-OH is 1. The molecule has 1 N–H and O–H groups in total. The van der Waals surface area contributed by atoms with Gasteiger partial charge in [0.05, 0.1) is 26.4 Å². The molecule has 0 aliphatic carbocycles. The Kier molecular flexibility index (Phi) is 6.01. The van der Waals surface area contributed by atoms with Gasteiger partial charge in [-0.2, -0.15) is 0 Å². The van der Waals surface area contributed by atoms with Crippen LogP contribution in [0.25, 0.3) is 0 Å². The van der Waals surface area contributed by atoms with Crippen molar-refractivity contribution in [1.82, 2.24) is 0 Å². The molecule has 2 aliphatic heterocycles. The summed E-state index contributed by atoms with van der Waals surface area (Å²) in [5, 5.41) is 10.3. The van der Waals surface area contributed by atoms with Crippen molar-refractivity contribution in [2.75, 3.05) is 13.2 Å². The Hall–Kier alpha value is -1.80. The van der Waals surface area contributed by atoms with Gasteiger partial charge in [-0.3, -0.25) is 0 Å². The largest absolute Gasteiger partial charge is 0.393 e. The number of hydrogen-bond donors (Lipinski definition) is 1. The molecule has 2 fully saturated rings. The lowest BCUT2D eigenvalue weighted by molar-refractivity contribution is -0.261. The van der Waals surface area contributed by atoms with Crippen LogP contribution in [0.2, 0.25) is 0 Å². The summed E-state index contributed by atoms with van der Waals surface area (Å²) in [5.41, 5.74) is 1.02. The number of aliphatic hydroxyl groups is 1. The Morgan fingerprint density at radius 1 is 0.862 bits per heavy atom. The third-order valence-electron chi connectivity index (χ3n) is 5.25. The standard InChI is InChI=1S/C23H28O6/c1-22(2)27-19-20(26-14-18-11-7-4-8-12-18)23(15-24,29-21(19)28-22)16-25-13-17-9-5-3-6-10-17/h3-12,19-21,24H,13-16H2,1-2H3/t19?,20-,21+,23?/m1/s1. The zero-order chi connectivity index (χ0) is 20.3. The van der Waals surface area contributed by atoms with Gasteiger partial charge in [-0.25, -0.2) is 0 Å². The molecule has 2 aliphatic rings. The summed E-state index contributed by atoms with van der Waals surface area (Å²) in [6.07, 6.45) is -1.59. The predicted molar refractivity (Wildman–Crippen MR) is 106 cm³/mol. The van der Waals surface area contributed by atoms with Crippen LogP contribution in [0.3, 0.4) is 0 Å². The molecule has 0 spiro atoms. The Morgan fingerprint density at radius 3 is 2.10 bits per heavy atom. The van der Waals surface area contributed by atoms with Crippen molar-refractivity contribution in [1.29, 1.82) is 0 Å². The first-order chi connectivity index (χ1) is 14.0. The molecule has 0 radical (unpaired) electrons. The average molecular weight is 400 g/mol. The molecule has 6 nitrogen and oxygen atoms in total. The number of ether oxygens (including phenoxy) is 5. The van der Waals surface area contributed by atoms with Crippen LogP contribution in [-0.2, 0) is 36.9 Å². The maximum atomic E-state index is 10.3. The second-order valence-corrected chi connectivity index (χ2v) is 8.00. The first-order valence-electron chi connectivity index (χ1n) is 9.93. The fourth-order valence-electron chi connectivity index (χ4n) is 3.86. The zero-order valence-electron chi connectivity index (χ0n) is 16.8. The van der Waals surface area contributed by atoms with Gasteiger partial charge in [-0.1, -0.05) is 60.7 Å². The highest BCUT2D eigenvalue weighted by atomic mass is 16.8. The molecule has 0 aromatic heterocycles. The third-order valence-corrected chi connectivity index (χ3v) is 5.25. The molecule has 2 saturated heterocycles. The van der Waals surface area contributed by atoms with E-state index in [1.165, 1.54) is 0 Å². The molecule has 0 amide bonds.